The second-order valence-electron chi connectivity index (χ2n) is 6.94. The van der Waals surface area contributed by atoms with Crippen LogP contribution in [-0.2, 0) is 22.9 Å². The molecule has 6 heteroatoms. The van der Waals surface area contributed by atoms with E-state index in [0.717, 1.165) is 35.7 Å². The van der Waals surface area contributed by atoms with Gasteiger partial charge in [0.15, 0.2) is 0 Å². The van der Waals surface area contributed by atoms with Crippen LogP contribution in [0.15, 0.2) is 59.6 Å². The van der Waals surface area contributed by atoms with E-state index in [2.05, 4.69) is 21.5 Å². The fourth-order valence-electron chi connectivity index (χ4n) is 3.51. The van der Waals surface area contributed by atoms with Gasteiger partial charge in [0.25, 0.3) is 0 Å². The number of nitrogens with one attached hydrogen (secondary N) is 1. The molecule has 148 valence electrons. The fourth-order valence-corrected chi connectivity index (χ4v) is 4.48. The lowest BCUT2D eigenvalue weighted by Gasteiger charge is -2.16. The summed E-state index contributed by atoms with van der Waals surface area (Å²) in [5, 5.41) is 0.996. The lowest BCUT2D eigenvalue weighted by atomic mass is 9.92. The van der Waals surface area contributed by atoms with Gasteiger partial charge in [-0.1, -0.05) is 36.1 Å². The molecule has 0 aliphatic heterocycles. The largest absolute Gasteiger partial charge is 0.479 e. The van der Waals surface area contributed by atoms with Crippen molar-refractivity contribution in [3.8, 4) is 17.6 Å². The first-order valence-corrected chi connectivity index (χ1v) is 11.2. The lowest BCUT2D eigenvalue weighted by molar-refractivity contribution is 0.374. The number of fused-ring (bicyclic) bond motifs is 2. The number of ether oxygens (including phenoxy) is 1. The molecule has 0 atom stereocenters. The van der Waals surface area contributed by atoms with E-state index in [1.165, 1.54) is 12.0 Å². The maximum atomic E-state index is 12.5. The highest BCUT2D eigenvalue weighted by atomic mass is 32.2. The van der Waals surface area contributed by atoms with E-state index in [1.807, 2.05) is 36.4 Å². The fraction of sp³-hybridized carbons (Fsp3) is 0.261. The van der Waals surface area contributed by atoms with Gasteiger partial charge in [0.05, 0.1) is 11.4 Å². The topological polar surface area (TPSA) is 68.3 Å². The van der Waals surface area contributed by atoms with Crippen LogP contribution in [0, 0.1) is 11.8 Å². The normalized spacial score (nSPS) is 13.4. The SMILES string of the molecule is O=S(=O)(NCC#CCOc1cccc2cccnc12)c1ccc2c(c1)CCCC2. The van der Waals surface area contributed by atoms with Gasteiger partial charge in [-0.15, -0.1) is 0 Å². The Hall–Kier alpha value is -2.88. The molecule has 5 nitrogen and oxygen atoms in total. The highest BCUT2D eigenvalue weighted by Crippen LogP contribution is 2.24. The molecule has 1 aliphatic carbocycles. The van der Waals surface area contributed by atoms with E-state index in [1.54, 1.807) is 18.3 Å². The van der Waals surface area contributed by atoms with E-state index >= 15 is 0 Å². The van der Waals surface area contributed by atoms with Crippen LogP contribution >= 0.6 is 0 Å². The highest BCUT2D eigenvalue weighted by Gasteiger charge is 2.16. The lowest BCUT2D eigenvalue weighted by Crippen LogP contribution is -2.24. The first-order valence-electron chi connectivity index (χ1n) is 9.67. The van der Waals surface area contributed by atoms with Crippen LogP contribution in [0.5, 0.6) is 5.75 Å². The Balaban J connectivity index is 1.34. The monoisotopic (exact) mass is 406 g/mol. The maximum Gasteiger partial charge on any atom is 0.241 e. The number of benzene rings is 2. The number of sulfonamides is 1. The Morgan fingerprint density at radius 3 is 2.72 bits per heavy atom. The van der Waals surface area contributed by atoms with Crippen LogP contribution in [0.4, 0.5) is 0 Å². The van der Waals surface area contributed by atoms with E-state index in [9.17, 15) is 8.42 Å². The van der Waals surface area contributed by atoms with Gasteiger partial charge in [-0.3, -0.25) is 4.98 Å². The summed E-state index contributed by atoms with van der Waals surface area (Å²) in [6.07, 6.45) is 5.97. The molecule has 0 fully saturated rings. The second-order valence-corrected chi connectivity index (χ2v) is 8.70. The molecule has 1 aromatic heterocycles. The molecular formula is C23H22N2O3S. The number of pyridine rings is 1. The number of hydrogen-bond donors (Lipinski definition) is 1. The molecule has 3 aromatic rings. The molecule has 0 bridgehead atoms. The third kappa shape index (κ3) is 4.58. The summed E-state index contributed by atoms with van der Waals surface area (Å²) >= 11 is 0. The molecule has 4 rings (SSSR count). The minimum absolute atomic E-state index is 0.0383. The standard InChI is InChI=1S/C23H22N2O3S/c26-29(27,21-13-12-18-7-1-2-8-20(18)17-21)25-15-3-4-16-28-22-11-5-9-19-10-6-14-24-23(19)22/h5-6,9-14,17,25H,1-2,7-8,15-16H2. The Morgan fingerprint density at radius 1 is 1.00 bits per heavy atom. The number of aromatic nitrogens is 1. The average molecular weight is 407 g/mol. The minimum Gasteiger partial charge on any atom is -0.479 e. The molecule has 29 heavy (non-hydrogen) atoms. The van der Waals surface area contributed by atoms with Crippen molar-refractivity contribution >= 4 is 20.9 Å². The molecular weight excluding hydrogens is 384 g/mol. The van der Waals surface area contributed by atoms with Gasteiger partial charge in [0.2, 0.25) is 10.0 Å². The predicted molar refractivity (Wildman–Crippen MR) is 113 cm³/mol. The molecule has 1 heterocycles. The quantitative estimate of drug-likeness (QED) is 0.659. The zero-order valence-electron chi connectivity index (χ0n) is 16.0. The van der Waals surface area contributed by atoms with Gasteiger partial charge in [-0.05, 0) is 61.1 Å². The molecule has 0 radical (unpaired) electrons. The van der Waals surface area contributed by atoms with E-state index in [-0.39, 0.29) is 13.2 Å². The van der Waals surface area contributed by atoms with Gasteiger partial charge in [-0.25, -0.2) is 8.42 Å². The second kappa shape index (κ2) is 8.64. The van der Waals surface area contributed by atoms with Crippen LogP contribution < -0.4 is 9.46 Å². The van der Waals surface area contributed by atoms with Crippen LogP contribution in [0.1, 0.15) is 24.0 Å². The number of para-hydroxylation sites is 1. The van der Waals surface area contributed by atoms with Gasteiger partial charge in [0, 0.05) is 11.6 Å². The van der Waals surface area contributed by atoms with E-state index in [4.69, 9.17) is 4.74 Å². The Bertz CT molecular complexity index is 1190. The molecule has 0 unspecified atom stereocenters. The van der Waals surface area contributed by atoms with Crippen LogP contribution in [0.3, 0.4) is 0 Å². The molecule has 1 aliphatic rings. The molecule has 1 N–H and O–H groups in total. The minimum atomic E-state index is -3.57. The van der Waals surface area contributed by atoms with Crippen molar-refractivity contribution < 1.29 is 13.2 Å². The summed E-state index contributed by atoms with van der Waals surface area (Å²) in [6, 6.07) is 15.0. The molecule has 0 saturated carbocycles. The summed E-state index contributed by atoms with van der Waals surface area (Å²) in [5.74, 6) is 6.31. The molecule has 0 saturated heterocycles. The Morgan fingerprint density at radius 2 is 1.83 bits per heavy atom. The molecule has 2 aromatic carbocycles. The van der Waals surface area contributed by atoms with Crippen LogP contribution in [-0.4, -0.2) is 26.6 Å². The van der Waals surface area contributed by atoms with Crippen LogP contribution in [0.2, 0.25) is 0 Å². The average Bonchev–Trinajstić information content (AvgIpc) is 2.76. The van der Waals surface area contributed by atoms with Crippen LogP contribution in [0.25, 0.3) is 10.9 Å². The first kappa shape index (κ1) is 19.4. The maximum absolute atomic E-state index is 12.5. The Labute approximate surface area is 171 Å². The number of aryl methyl sites for hydroxylation is 2. The zero-order valence-corrected chi connectivity index (χ0v) is 16.8. The van der Waals surface area contributed by atoms with Crippen molar-refractivity contribution in [1.29, 1.82) is 0 Å². The Kier molecular flexibility index (Phi) is 5.79. The third-order valence-electron chi connectivity index (χ3n) is 5.00. The van der Waals surface area contributed by atoms with Gasteiger partial charge in [0.1, 0.15) is 17.9 Å². The van der Waals surface area contributed by atoms with E-state index in [0.29, 0.717) is 10.6 Å². The number of nitrogens with zero attached hydrogens (tertiary/aromatic N) is 1. The predicted octanol–water partition coefficient (Wildman–Crippen LogP) is 3.47. The van der Waals surface area contributed by atoms with Crippen molar-refractivity contribution in [2.24, 2.45) is 0 Å². The molecule has 0 amide bonds. The summed E-state index contributed by atoms with van der Waals surface area (Å²) in [7, 11) is -3.57. The summed E-state index contributed by atoms with van der Waals surface area (Å²) in [6.45, 7) is 0.201. The number of hydrogen-bond acceptors (Lipinski definition) is 4. The van der Waals surface area contributed by atoms with Gasteiger partial charge >= 0.3 is 0 Å². The summed E-state index contributed by atoms with van der Waals surface area (Å²) < 4.78 is 33.2. The first-order chi connectivity index (χ1) is 14.1. The van der Waals surface area contributed by atoms with Crippen molar-refractivity contribution in [1.82, 2.24) is 9.71 Å². The van der Waals surface area contributed by atoms with Crippen molar-refractivity contribution in [2.75, 3.05) is 13.2 Å². The van der Waals surface area contributed by atoms with Gasteiger partial charge < -0.3 is 4.74 Å². The third-order valence-corrected chi connectivity index (χ3v) is 6.40. The van der Waals surface area contributed by atoms with Crippen molar-refractivity contribution in [3.63, 3.8) is 0 Å². The molecule has 0 spiro atoms. The number of rotatable bonds is 5. The van der Waals surface area contributed by atoms with E-state index < -0.39 is 10.0 Å². The van der Waals surface area contributed by atoms with Crippen molar-refractivity contribution in [2.45, 2.75) is 30.6 Å². The van der Waals surface area contributed by atoms with Gasteiger partial charge in [-0.2, -0.15) is 4.72 Å². The van der Waals surface area contributed by atoms with Crippen molar-refractivity contribution in [3.05, 3.63) is 65.9 Å². The highest BCUT2D eigenvalue weighted by molar-refractivity contribution is 7.89. The smallest absolute Gasteiger partial charge is 0.241 e. The zero-order chi connectivity index (χ0) is 20.1. The summed E-state index contributed by atoms with van der Waals surface area (Å²) in [5.41, 5.74) is 3.18. The summed E-state index contributed by atoms with van der Waals surface area (Å²) in [4.78, 5) is 4.63.